The standard InChI is InChI=1S/C19H21NO3S/c21-13-19(11-15(19)14-5-2-1-3-6-14)12-20-18(23)9-8-16(22)17-7-4-10-24-17/h1-7,10,15,21H,8-9,11-13H2,(H,20,23)/t15-,19-/m0/s1. The first-order valence-corrected chi connectivity index (χ1v) is 9.02. The van der Waals surface area contributed by atoms with Crippen molar-refractivity contribution in [3.05, 3.63) is 58.3 Å². The molecule has 1 heterocycles. The van der Waals surface area contributed by atoms with Gasteiger partial charge in [0, 0.05) is 24.8 Å². The monoisotopic (exact) mass is 343 g/mol. The third-order valence-corrected chi connectivity index (χ3v) is 5.63. The topological polar surface area (TPSA) is 66.4 Å². The summed E-state index contributed by atoms with van der Waals surface area (Å²) in [5, 5.41) is 14.5. The van der Waals surface area contributed by atoms with E-state index in [1.54, 1.807) is 6.07 Å². The molecular weight excluding hydrogens is 322 g/mol. The highest BCUT2D eigenvalue weighted by atomic mass is 32.1. The number of thiophene rings is 1. The third-order valence-electron chi connectivity index (χ3n) is 4.72. The molecule has 5 heteroatoms. The highest BCUT2D eigenvalue weighted by molar-refractivity contribution is 7.12. The van der Waals surface area contributed by atoms with Gasteiger partial charge in [-0.15, -0.1) is 11.3 Å². The SMILES string of the molecule is O=C(CCC(=O)c1cccs1)NC[C@]1(CO)C[C@H]1c1ccccc1. The number of nitrogens with one attached hydrogen (secondary N) is 1. The number of aliphatic hydroxyl groups is 1. The molecule has 0 saturated heterocycles. The maximum Gasteiger partial charge on any atom is 0.220 e. The van der Waals surface area contributed by atoms with Crippen LogP contribution in [0.4, 0.5) is 0 Å². The highest BCUT2D eigenvalue weighted by Crippen LogP contribution is 2.58. The Hall–Kier alpha value is -1.98. The van der Waals surface area contributed by atoms with E-state index in [0.717, 1.165) is 6.42 Å². The molecule has 0 unspecified atom stereocenters. The van der Waals surface area contributed by atoms with Crippen molar-refractivity contribution in [2.75, 3.05) is 13.2 Å². The molecule has 2 atom stereocenters. The lowest BCUT2D eigenvalue weighted by atomic mass is 9.99. The Balaban J connectivity index is 1.46. The summed E-state index contributed by atoms with van der Waals surface area (Å²) in [7, 11) is 0. The van der Waals surface area contributed by atoms with E-state index >= 15 is 0 Å². The molecule has 1 aliphatic carbocycles. The lowest BCUT2D eigenvalue weighted by Crippen LogP contribution is -2.33. The van der Waals surface area contributed by atoms with E-state index in [-0.39, 0.29) is 42.5 Å². The smallest absolute Gasteiger partial charge is 0.220 e. The first-order valence-electron chi connectivity index (χ1n) is 8.14. The van der Waals surface area contributed by atoms with Crippen LogP contribution < -0.4 is 5.32 Å². The summed E-state index contributed by atoms with van der Waals surface area (Å²) in [5.74, 6) is 0.161. The molecule has 4 nitrogen and oxygen atoms in total. The molecule has 2 N–H and O–H groups in total. The molecule has 1 aromatic heterocycles. The number of amides is 1. The number of ketones is 1. The summed E-state index contributed by atoms with van der Waals surface area (Å²) in [6.45, 7) is 0.510. The van der Waals surface area contributed by atoms with Crippen LogP contribution in [-0.2, 0) is 4.79 Å². The summed E-state index contributed by atoms with van der Waals surface area (Å²) < 4.78 is 0. The van der Waals surface area contributed by atoms with Crippen molar-refractivity contribution in [3.63, 3.8) is 0 Å². The Morgan fingerprint density at radius 2 is 1.96 bits per heavy atom. The predicted molar refractivity (Wildman–Crippen MR) is 94.2 cm³/mol. The maximum absolute atomic E-state index is 12.0. The minimum Gasteiger partial charge on any atom is -0.396 e. The molecule has 0 spiro atoms. The largest absolute Gasteiger partial charge is 0.396 e. The van der Waals surface area contributed by atoms with E-state index in [1.807, 2.05) is 29.6 Å². The van der Waals surface area contributed by atoms with E-state index < -0.39 is 0 Å². The van der Waals surface area contributed by atoms with Crippen LogP contribution in [0.3, 0.4) is 0 Å². The van der Waals surface area contributed by atoms with Gasteiger partial charge in [0.05, 0.1) is 11.5 Å². The van der Waals surface area contributed by atoms with Crippen LogP contribution in [0.25, 0.3) is 0 Å². The van der Waals surface area contributed by atoms with Crippen LogP contribution in [0.1, 0.15) is 40.4 Å². The molecule has 126 valence electrons. The number of carbonyl (C=O) groups excluding carboxylic acids is 2. The van der Waals surface area contributed by atoms with Gasteiger partial charge in [0.15, 0.2) is 5.78 Å². The van der Waals surface area contributed by atoms with Crippen LogP contribution >= 0.6 is 11.3 Å². The zero-order valence-corrected chi connectivity index (χ0v) is 14.2. The van der Waals surface area contributed by atoms with Crippen molar-refractivity contribution in [3.8, 4) is 0 Å². The van der Waals surface area contributed by atoms with Gasteiger partial charge in [0.1, 0.15) is 0 Å². The zero-order valence-electron chi connectivity index (χ0n) is 13.4. The number of aliphatic hydroxyl groups excluding tert-OH is 1. The summed E-state index contributed by atoms with van der Waals surface area (Å²) in [5.41, 5.74) is 0.947. The Bertz CT molecular complexity index is 699. The summed E-state index contributed by atoms with van der Waals surface area (Å²) in [6.07, 6.45) is 1.29. The van der Waals surface area contributed by atoms with Gasteiger partial charge in [-0.2, -0.15) is 0 Å². The van der Waals surface area contributed by atoms with Crippen molar-refractivity contribution < 1.29 is 14.7 Å². The Morgan fingerprint density at radius 1 is 1.17 bits per heavy atom. The molecule has 1 fully saturated rings. The van der Waals surface area contributed by atoms with E-state index in [0.29, 0.717) is 11.4 Å². The fourth-order valence-electron chi connectivity index (χ4n) is 3.08. The zero-order chi connectivity index (χ0) is 17.0. The van der Waals surface area contributed by atoms with E-state index in [9.17, 15) is 14.7 Å². The Morgan fingerprint density at radius 3 is 2.62 bits per heavy atom. The van der Waals surface area contributed by atoms with Gasteiger partial charge in [-0.3, -0.25) is 9.59 Å². The molecule has 3 rings (SSSR count). The average molecular weight is 343 g/mol. The van der Waals surface area contributed by atoms with Gasteiger partial charge in [-0.1, -0.05) is 36.4 Å². The quantitative estimate of drug-likeness (QED) is 0.724. The van der Waals surface area contributed by atoms with Gasteiger partial charge in [-0.05, 0) is 29.3 Å². The molecule has 24 heavy (non-hydrogen) atoms. The number of hydrogen-bond acceptors (Lipinski definition) is 4. The molecular formula is C19H21NO3S. The van der Waals surface area contributed by atoms with Crippen molar-refractivity contribution in [1.82, 2.24) is 5.32 Å². The summed E-state index contributed by atoms with van der Waals surface area (Å²) in [6, 6.07) is 13.7. The van der Waals surface area contributed by atoms with Crippen LogP contribution in [-0.4, -0.2) is 29.9 Å². The predicted octanol–water partition coefficient (Wildman–Crippen LogP) is 2.99. The second-order valence-electron chi connectivity index (χ2n) is 6.37. The van der Waals surface area contributed by atoms with Crippen LogP contribution in [0.2, 0.25) is 0 Å². The lowest BCUT2D eigenvalue weighted by molar-refractivity contribution is -0.121. The van der Waals surface area contributed by atoms with Gasteiger partial charge in [-0.25, -0.2) is 0 Å². The fraction of sp³-hybridized carbons (Fsp3) is 0.368. The maximum atomic E-state index is 12.0. The van der Waals surface area contributed by atoms with Gasteiger partial charge in [0.2, 0.25) is 5.91 Å². The molecule has 0 bridgehead atoms. The second kappa shape index (κ2) is 7.28. The minimum atomic E-state index is -0.255. The first kappa shape index (κ1) is 16.9. The molecule has 0 aliphatic heterocycles. The lowest BCUT2D eigenvalue weighted by Gasteiger charge is -2.15. The van der Waals surface area contributed by atoms with Gasteiger partial charge >= 0.3 is 0 Å². The third kappa shape index (κ3) is 3.74. The van der Waals surface area contributed by atoms with Gasteiger partial charge < -0.3 is 10.4 Å². The fourth-order valence-corrected chi connectivity index (χ4v) is 3.78. The van der Waals surface area contributed by atoms with E-state index in [2.05, 4.69) is 17.4 Å². The summed E-state index contributed by atoms with van der Waals surface area (Å²) >= 11 is 1.40. The molecule has 1 amide bonds. The summed E-state index contributed by atoms with van der Waals surface area (Å²) in [4.78, 5) is 24.6. The van der Waals surface area contributed by atoms with Crippen LogP contribution in [0, 0.1) is 5.41 Å². The number of hydrogen-bond donors (Lipinski definition) is 2. The van der Waals surface area contributed by atoms with Crippen LogP contribution in [0.15, 0.2) is 47.8 Å². The second-order valence-corrected chi connectivity index (χ2v) is 7.31. The van der Waals surface area contributed by atoms with Crippen LogP contribution in [0.5, 0.6) is 0 Å². The van der Waals surface area contributed by atoms with Crippen molar-refractivity contribution in [1.29, 1.82) is 0 Å². The van der Waals surface area contributed by atoms with E-state index in [4.69, 9.17) is 0 Å². The first-order chi connectivity index (χ1) is 11.6. The van der Waals surface area contributed by atoms with Crippen molar-refractivity contribution >= 4 is 23.0 Å². The number of benzene rings is 1. The van der Waals surface area contributed by atoms with Gasteiger partial charge in [0.25, 0.3) is 0 Å². The number of rotatable bonds is 8. The molecule has 2 aromatic rings. The van der Waals surface area contributed by atoms with Crippen molar-refractivity contribution in [2.24, 2.45) is 5.41 Å². The van der Waals surface area contributed by atoms with Crippen molar-refractivity contribution in [2.45, 2.75) is 25.2 Å². The molecule has 0 radical (unpaired) electrons. The molecule has 1 aromatic carbocycles. The Labute approximate surface area is 145 Å². The molecule has 1 saturated carbocycles. The van der Waals surface area contributed by atoms with E-state index in [1.165, 1.54) is 16.9 Å². The Kier molecular flexibility index (Phi) is 5.11. The normalized spacial score (nSPS) is 22.1. The number of Topliss-reactive ketones (excluding diaryl/α,β-unsaturated/α-hetero) is 1. The number of carbonyl (C=O) groups is 2. The minimum absolute atomic E-state index is 0.00519. The molecule has 1 aliphatic rings. The average Bonchev–Trinajstić information content (AvgIpc) is 3.08. The highest BCUT2D eigenvalue weighted by Gasteiger charge is 2.54.